The number of amides is 1. The van der Waals surface area contributed by atoms with E-state index in [1.54, 1.807) is 17.4 Å². The Bertz CT molecular complexity index is 412. The van der Waals surface area contributed by atoms with Crippen LogP contribution in [0.1, 0.15) is 24.1 Å². The van der Waals surface area contributed by atoms with E-state index in [-0.39, 0.29) is 5.91 Å². The summed E-state index contributed by atoms with van der Waals surface area (Å²) in [5.74, 6) is -0.0414. The maximum atomic E-state index is 11.6. The van der Waals surface area contributed by atoms with Gasteiger partial charge in [-0.05, 0) is 49.9 Å². The van der Waals surface area contributed by atoms with Crippen molar-refractivity contribution in [2.75, 3.05) is 26.2 Å². The van der Waals surface area contributed by atoms with E-state index < -0.39 is 0 Å². The molecule has 0 saturated carbocycles. The predicted molar refractivity (Wildman–Crippen MR) is 82.8 cm³/mol. The van der Waals surface area contributed by atoms with Crippen LogP contribution < -0.4 is 10.6 Å². The average molecular weight is 294 g/mol. The van der Waals surface area contributed by atoms with Crippen LogP contribution in [0.3, 0.4) is 0 Å². The van der Waals surface area contributed by atoms with Crippen LogP contribution in [0.15, 0.2) is 23.6 Å². The molecule has 0 unspecified atom stereocenters. The fourth-order valence-electron chi connectivity index (χ4n) is 2.10. The number of piperidine rings is 1. The van der Waals surface area contributed by atoms with Crippen molar-refractivity contribution >= 4 is 23.3 Å². The number of hydrogen-bond acceptors (Lipinski definition) is 4. The Morgan fingerprint density at radius 1 is 1.50 bits per heavy atom. The lowest BCUT2D eigenvalue weighted by atomic mass is 10.1. The van der Waals surface area contributed by atoms with Crippen LogP contribution in [0.5, 0.6) is 0 Å². The highest BCUT2D eigenvalue weighted by Crippen LogP contribution is 2.10. The van der Waals surface area contributed by atoms with Crippen LogP contribution in [0.25, 0.3) is 6.08 Å². The molecule has 2 heterocycles. The smallest absolute Gasteiger partial charge is 0.244 e. The Labute approximate surface area is 124 Å². The fourth-order valence-corrected chi connectivity index (χ4v) is 2.72. The van der Waals surface area contributed by atoms with E-state index in [0.29, 0.717) is 12.6 Å². The molecule has 1 amide bonds. The number of rotatable bonds is 7. The highest BCUT2D eigenvalue weighted by molar-refractivity contribution is 7.10. The number of hydrogen-bond donors (Lipinski definition) is 2. The third-order valence-electron chi connectivity index (χ3n) is 3.20. The van der Waals surface area contributed by atoms with Crippen molar-refractivity contribution in [3.8, 4) is 0 Å². The minimum atomic E-state index is -0.0414. The monoisotopic (exact) mass is 294 g/mol. The lowest BCUT2D eigenvalue weighted by Crippen LogP contribution is -2.33. The molecule has 2 rings (SSSR count). The Kier molecular flexibility index (Phi) is 6.77. The summed E-state index contributed by atoms with van der Waals surface area (Å²) >= 11 is 1.62. The van der Waals surface area contributed by atoms with Gasteiger partial charge in [0.05, 0.1) is 6.10 Å². The summed E-state index contributed by atoms with van der Waals surface area (Å²) in [6, 6.07) is 3.96. The fraction of sp³-hybridized carbons (Fsp3) is 0.533. The molecule has 1 saturated heterocycles. The van der Waals surface area contributed by atoms with E-state index in [9.17, 15) is 4.79 Å². The van der Waals surface area contributed by atoms with Crippen molar-refractivity contribution in [3.63, 3.8) is 0 Å². The van der Waals surface area contributed by atoms with Crippen molar-refractivity contribution in [1.29, 1.82) is 0 Å². The first-order valence-corrected chi connectivity index (χ1v) is 8.04. The molecule has 1 aliphatic rings. The lowest BCUT2D eigenvalue weighted by molar-refractivity contribution is -0.116. The van der Waals surface area contributed by atoms with Crippen LogP contribution in [0.2, 0.25) is 0 Å². The molecule has 0 spiro atoms. The van der Waals surface area contributed by atoms with E-state index >= 15 is 0 Å². The average Bonchev–Trinajstić information content (AvgIpc) is 2.99. The van der Waals surface area contributed by atoms with Crippen molar-refractivity contribution < 1.29 is 9.53 Å². The van der Waals surface area contributed by atoms with Crippen molar-refractivity contribution in [2.24, 2.45) is 0 Å². The molecule has 1 aliphatic heterocycles. The quantitative estimate of drug-likeness (QED) is 0.597. The Hall–Kier alpha value is -1.17. The van der Waals surface area contributed by atoms with Gasteiger partial charge in [-0.25, -0.2) is 0 Å². The summed E-state index contributed by atoms with van der Waals surface area (Å²) < 4.78 is 5.78. The van der Waals surface area contributed by atoms with Gasteiger partial charge in [0, 0.05) is 24.1 Å². The molecule has 0 atom stereocenters. The number of ether oxygens (including phenoxy) is 1. The van der Waals surface area contributed by atoms with E-state index in [1.807, 2.05) is 23.6 Å². The van der Waals surface area contributed by atoms with Crippen LogP contribution in [0.4, 0.5) is 0 Å². The zero-order valence-corrected chi connectivity index (χ0v) is 12.5. The highest BCUT2D eigenvalue weighted by Gasteiger charge is 2.12. The lowest BCUT2D eigenvalue weighted by Gasteiger charge is -2.22. The minimum absolute atomic E-state index is 0.0414. The van der Waals surface area contributed by atoms with Gasteiger partial charge >= 0.3 is 0 Å². The van der Waals surface area contributed by atoms with Gasteiger partial charge in [-0.3, -0.25) is 4.79 Å². The van der Waals surface area contributed by atoms with Gasteiger partial charge in [0.1, 0.15) is 0 Å². The Balaban J connectivity index is 1.51. The molecule has 0 bridgehead atoms. The van der Waals surface area contributed by atoms with Gasteiger partial charge < -0.3 is 15.4 Å². The van der Waals surface area contributed by atoms with E-state index in [1.165, 1.54) is 0 Å². The molecule has 2 N–H and O–H groups in total. The normalized spacial score (nSPS) is 16.6. The largest absolute Gasteiger partial charge is 0.378 e. The van der Waals surface area contributed by atoms with E-state index in [0.717, 1.165) is 43.8 Å². The molecule has 1 aromatic rings. The van der Waals surface area contributed by atoms with Crippen molar-refractivity contribution in [3.05, 3.63) is 28.5 Å². The maximum Gasteiger partial charge on any atom is 0.244 e. The van der Waals surface area contributed by atoms with Gasteiger partial charge in [0.2, 0.25) is 5.91 Å². The highest BCUT2D eigenvalue weighted by atomic mass is 32.1. The third-order valence-corrected chi connectivity index (χ3v) is 4.04. The summed E-state index contributed by atoms with van der Waals surface area (Å²) in [6.07, 6.45) is 6.87. The second kappa shape index (κ2) is 8.89. The summed E-state index contributed by atoms with van der Waals surface area (Å²) in [7, 11) is 0. The first-order valence-electron chi connectivity index (χ1n) is 7.16. The van der Waals surface area contributed by atoms with E-state index in [2.05, 4.69) is 10.6 Å². The van der Waals surface area contributed by atoms with Gasteiger partial charge in [0.25, 0.3) is 0 Å². The molecule has 1 fully saturated rings. The number of carbonyl (C=O) groups excluding carboxylic acids is 1. The summed E-state index contributed by atoms with van der Waals surface area (Å²) in [5, 5.41) is 8.18. The molecule has 0 aromatic carbocycles. The van der Waals surface area contributed by atoms with Gasteiger partial charge in [-0.15, -0.1) is 11.3 Å². The number of carbonyl (C=O) groups is 1. The number of thiophene rings is 1. The molecular weight excluding hydrogens is 272 g/mol. The molecule has 20 heavy (non-hydrogen) atoms. The van der Waals surface area contributed by atoms with E-state index in [4.69, 9.17) is 4.74 Å². The maximum absolute atomic E-state index is 11.6. The second-order valence-electron chi connectivity index (χ2n) is 4.81. The summed E-state index contributed by atoms with van der Waals surface area (Å²) in [5.41, 5.74) is 0. The Morgan fingerprint density at radius 2 is 2.35 bits per heavy atom. The summed E-state index contributed by atoms with van der Waals surface area (Å²) in [6.45, 7) is 3.49. The first kappa shape index (κ1) is 15.2. The van der Waals surface area contributed by atoms with Crippen LogP contribution in [-0.2, 0) is 9.53 Å². The third kappa shape index (κ3) is 5.86. The first-order chi connectivity index (χ1) is 9.84. The van der Waals surface area contributed by atoms with Crippen LogP contribution in [-0.4, -0.2) is 38.3 Å². The van der Waals surface area contributed by atoms with Crippen molar-refractivity contribution in [1.82, 2.24) is 10.6 Å². The van der Waals surface area contributed by atoms with Gasteiger partial charge in [-0.1, -0.05) is 6.07 Å². The van der Waals surface area contributed by atoms with Crippen LogP contribution in [0, 0.1) is 0 Å². The molecule has 0 aliphatic carbocycles. The summed E-state index contributed by atoms with van der Waals surface area (Å²) in [4.78, 5) is 12.7. The van der Waals surface area contributed by atoms with Crippen LogP contribution >= 0.6 is 11.3 Å². The second-order valence-corrected chi connectivity index (χ2v) is 5.79. The molecule has 5 heteroatoms. The molecular formula is C15H22N2O2S. The molecule has 0 radical (unpaired) electrons. The van der Waals surface area contributed by atoms with Gasteiger partial charge in [0.15, 0.2) is 0 Å². The zero-order valence-electron chi connectivity index (χ0n) is 11.6. The Morgan fingerprint density at radius 3 is 3.10 bits per heavy atom. The molecule has 110 valence electrons. The topological polar surface area (TPSA) is 50.4 Å². The minimum Gasteiger partial charge on any atom is -0.378 e. The predicted octanol–water partition coefficient (Wildman–Crippen LogP) is 2.04. The SMILES string of the molecule is O=C(C=Cc1cccs1)NCCCOC1CCNCC1. The standard InChI is InChI=1S/C15H22N2O2S/c18-15(5-4-14-3-1-12-20-14)17-8-2-11-19-13-6-9-16-10-7-13/h1,3-5,12-13,16H,2,6-11H2,(H,17,18). The van der Waals surface area contributed by atoms with Crippen molar-refractivity contribution in [2.45, 2.75) is 25.4 Å². The molecule has 4 nitrogen and oxygen atoms in total. The zero-order chi connectivity index (χ0) is 14.0. The van der Waals surface area contributed by atoms with Gasteiger partial charge in [-0.2, -0.15) is 0 Å². The number of nitrogens with one attached hydrogen (secondary N) is 2. The molecule has 1 aromatic heterocycles.